The number of likely N-dealkylation sites (tertiary alicyclic amines) is 1. The molecule has 8 nitrogen and oxygen atoms in total. The van der Waals surface area contributed by atoms with Crippen molar-refractivity contribution in [1.29, 1.82) is 0 Å². The zero-order chi connectivity index (χ0) is 22.7. The highest BCUT2D eigenvalue weighted by atomic mass is 16.5. The van der Waals surface area contributed by atoms with E-state index < -0.39 is 6.23 Å². The number of piperidine rings is 1. The third-order valence-corrected chi connectivity index (χ3v) is 5.68. The molecule has 0 spiro atoms. The van der Waals surface area contributed by atoms with E-state index in [2.05, 4.69) is 6.58 Å². The van der Waals surface area contributed by atoms with E-state index in [0.717, 1.165) is 11.3 Å². The van der Waals surface area contributed by atoms with Crippen LogP contribution in [0.2, 0.25) is 0 Å². The van der Waals surface area contributed by atoms with Gasteiger partial charge in [0.15, 0.2) is 0 Å². The average molecular weight is 434 g/mol. The minimum atomic E-state index is -1.26. The molecule has 5 N–H and O–H groups in total. The van der Waals surface area contributed by atoms with Crippen molar-refractivity contribution in [1.82, 2.24) is 14.7 Å². The molecule has 1 aliphatic rings. The number of aromatic nitrogens is 2. The molecular weight excluding hydrogens is 406 g/mol. The highest BCUT2D eigenvalue weighted by Gasteiger charge is 2.28. The molecule has 166 valence electrons. The van der Waals surface area contributed by atoms with E-state index in [1.807, 2.05) is 54.6 Å². The fourth-order valence-electron chi connectivity index (χ4n) is 4.01. The number of hydrogen-bond donors (Lipinski definition) is 3. The Hall–Kier alpha value is -3.62. The van der Waals surface area contributed by atoms with Crippen LogP contribution in [0.5, 0.6) is 11.5 Å². The van der Waals surface area contributed by atoms with Crippen LogP contribution in [0.25, 0.3) is 11.3 Å². The van der Waals surface area contributed by atoms with Crippen molar-refractivity contribution in [3.8, 4) is 22.8 Å². The van der Waals surface area contributed by atoms with E-state index >= 15 is 0 Å². The second-order valence-electron chi connectivity index (χ2n) is 7.74. The van der Waals surface area contributed by atoms with E-state index in [0.29, 0.717) is 48.8 Å². The molecule has 1 fully saturated rings. The first-order valence-electron chi connectivity index (χ1n) is 10.5. The predicted octanol–water partition coefficient (Wildman–Crippen LogP) is 3.22. The van der Waals surface area contributed by atoms with E-state index in [-0.39, 0.29) is 11.9 Å². The largest absolute Gasteiger partial charge is 0.457 e. The smallest absolute Gasteiger partial charge is 0.245 e. The Morgan fingerprint density at radius 1 is 1.12 bits per heavy atom. The van der Waals surface area contributed by atoms with Crippen LogP contribution >= 0.6 is 0 Å². The fourth-order valence-corrected chi connectivity index (χ4v) is 4.01. The Balaban J connectivity index is 1.58. The fraction of sp³-hybridized carbons (Fsp3) is 0.250. The van der Waals surface area contributed by atoms with Gasteiger partial charge in [-0.2, -0.15) is 5.10 Å². The van der Waals surface area contributed by atoms with Crippen molar-refractivity contribution in [3.63, 3.8) is 0 Å². The zero-order valence-corrected chi connectivity index (χ0v) is 17.7. The summed E-state index contributed by atoms with van der Waals surface area (Å²) in [6.45, 7) is 4.73. The van der Waals surface area contributed by atoms with Gasteiger partial charge in [-0.3, -0.25) is 4.79 Å². The molecule has 2 aromatic carbocycles. The first-order chi connectivity index (χ1) is 15.5. The van der Waals surface area contributed by atoms with Crippen molar-refractivity contribution in [2.75, 3.05) is 18.8 Å². The molecule has 0 radical (unpaired) electrons. The van der Waals surface area contributed by atoms with Crippen LogP contribution in [-0.4, -0.2) is 38.8 Å². The standard InChI is InChI=1S/C24H27N5O3/c1-2-20(30)28-14-12-17(13-15-28)29-23(25)21(24(26)31)22(27-29)16-8-10-19(11-9-16)32-18-6-4-3-5-7-18/h2-11,17,24,31H,1,12-15,25-26H2. The molecule has 1 unspecified atom stereocenters. The first-order valence-corrected chi connectivity index (χ1v) is 10.5. The summed E-state index contributed by atoms with van der Waals surface area (Å²) in [7, 11) is 0. The molecular formula is C24H27N5O3. The highest BCUT2D eigenvalue weighted by molar-refractivity contribution is 5.87. The molecule has 32 heavy (non-hydrogen) atoms. The molecule has 4 rings (SSSR count). The number of carbonyl (C=O) groups is 1. The summed E-state index contributed by atoms with van der Waals surface area (Å²) in [5.74, 6) is 1.69. The number of hydrogen-bond acceptors (Lipinski definition) is 6. The van der Waals surface area contributed by atoms with Crippen LogP contribution in [-0.2, 0) is 4.79 Å². The van der Waals surface area contributed by atoms with Crippen molar-refractivity contribution < 1.29 is 14.6 Å². The van der Waals surface area contributed by atoms with Crippen LogP contribution in [0.3, 0.4) is 0 Å². The second kappa shape index (κ2) is 9.25. The molecule has 2 heterocycles. The van der Waals surface area contributed by atoms with Crippen LogP contribution in [0.15, 0.2) is 67.3 Å². The number of carbonyl (C=O) groups excluding carboxylic acids is 1. The number of nitrogens with zero attached hydrogens (tertiary/aromatic N) is 3. The number of amides is 1. The summed E-state index contributed by atoms with van der Waals surface area (Å²) in [5.41, 5.74) is 13.9. The maximum atomic E-state index is 11.9. The van der Waals surface area contributed by atoms with E-state index in [1.54, 1.807) is 9.58 Å². The van der Waals surface area contributed by atoms with Gasteiger partial charge in [0.25, 0.3) is 0 Å². The molecule has 1 amide bonds. The van der Waals surface area contributed by atoms with Crippen LogP contribution < -0.4 is 16.2 Å². The number of anilines is 1. The molecule has 8 heteroatoms. The number of nitrogen functional groups attached to an aromatic ring is 1. The van der Waals surface area contributed by atoms with Gasteiger partial charge in [-0.1, -0.05) is 24.8 Å². The van der Waals surface area contributed by atoms with Crippen LogP contribution in [0, 0.1) is 0 Å². The summed E-state index contributed by atoms with van der Waals surface area (Å²) in [6, 6.07) is 16.9. The van der Waals surface area contributed by atoms with Gasteiger partial charge >= 0.3 is 0 Å². The topological polar surface area (TPSA) is 120 Å². The van der Waals surface area contributed by atoms with E-state index in [1.165, 1.54) is 6.08 Å². The third kappa shape index (κ3) is 4.37. The van der Waals surface area contributed by atoms with Gasteiger partial charge in [0.05, 0.1) is 11.6 Å². The van der Waals surface area contributed by atoms with E-state index in [9.17, 15) is 9.90 Å². The lowest BCUT2D eigenvalue weighted by Crippen LogP contribution is -2.38. The number of rotatable bonds is 6. The maximum Gasteiger partial charge on any atom is 0.245 e. The monoisotopic (exact) mass is 433 g/mol. The Kier molecular flexibility index (Phi) is 6.25. The quantitative estimate of drug-likeness (QED) is 0.406. The third-order valence-electron chi connectivity index (χ3n) is 5.68. The van der Waals surface area contributed by atoms with Gasteiger partial charge in [-0.15, -0.1) is 0 Å². The lowest BCUT2D eigenvalue weighted by atomic mass is 10.0. The molecule has 1 saturated heterocycles. The summed E-state index contributed by atoms with van der Waals surface area (Å²) in [4.78, 5) is 13.6. The van der Waals surface area contributed by atoms with E-state index in [4.69, 9.17) is 21.3 Å². The maximum absolute atomic E-state index is 11.9. The molecule has 0 aliphatic carbocycles. The Bertz CT molecular complexity index is 1080. The van der Waals surface area contributed by atoms with Gasteiger partial charge in [-0.25, -0.2) is 4.68 Å². The molecule has 1 atom stereocenters. The van der Waals surface area contributed by atoms with Crippen molar-refractivity contribution >= 4 is 11.7 Å². The number of aliphatic hydroxyl groups excluding tert-OH is 1. The van der Waals surface area contributed by atoms with Gasteiger partial charge in [0.2, 0.25) is 5.91 Å². The second-order valence-corrected chi connectivity index (χ2v) is 7.74. The SMILES string of the molecule is C=CC(=O)N1CCC(n2nc(-c3ccc(Oc4ccccc4)cc3)c(C(N)O)c2N)CC1. The summed E-state index contributed by atoms with van der Waals surface area (Å²) in [5, 5.41) is 14.9. The lowest BCUT2D eigenvalue weighted by Gasteiger charge is -2.31. The first kappa shape index (κ1) is 21.6. The van der Waals surface area contributed by atoms with Gasteiger partial charge < -0.3 is 26.2 Å². The molecule has 0 saturated carbocycles. The van der Waals surface area contributed by atoms with Gasteiger partial charge in [0.1, 0.15) is 29.2 Å². The normalized spacial score (nSPS) is 15.4. The number of nitrogens with two attached hydrogens (primary N) is 2. The predicted molar refractivity (Wildman–Crippen MR) is 123 cm³/mol. The van der Waals surface area contributed by atoms with Gasteiger partial charge in [-0.05, 0) is 55.3 Å². The highest BCUT2D eigenvalue weighted by Crippen LogP contribution is 2.35. The van der Waals surface area contributed by atoms with Crippen molar-refractivity contribution in [2.24, 2.45) is 5.73 Å². The molecule has 1 aliphatic heterocycles. The average Bonchev–Trinajstić information content (AvgIpc) is 3.17. The molecule has 0 bridgehead atoms. The molecule has 3 aromatic rings. The van der Waals surface area contributed by atoms with Gasteiger partial charge in [0, 0.05) is 18.7 Å². The Labute approximate surface area is 186 Å². The molecule has 1 aromatic heterocycles. The van der Waals surface area contributed by atoms with Crippen LogP contribution in [0.1, 0.15) is 30.7 Å². The number of ether oxygens (including phenoxy) is 1. The van der Waals surface area contributed by atoms with Crippen LogP contribution in [0.4, 0.5) is 5.82 Å². The Morgan fingerprint density at radius 3 is 2.34 bits per heavy atom. The number of benzene rings is 2. The number of aliphatic hydroxyl groups is 1. The van der Waals surface area contributed by atoms with Crippen molar-refractivity contribution in [2.45, 2.75) is 25.1 Å². The summed E-state index contributed by atoms with van der Waals surface area (Å²) in [6.07, 6.45) is 1.47. The summed E-state index contributed by atoms with van der Waals surface area (Å²) >= 11 is 0. The van der Waals surface area contributed by atoms with Crippen molar-refractivity contribution in [3.05, 3.63) is 72.8 Å². The lowest BCUT2D eigenvalue weighted by molar-refractivity contribution is -0.127. The minimum Gasteiger partial charge on any atom is -0.457 e. The number of para-hydroxylation sites is 1. The Morgan fingerprint density at radius 2 is 1.75 bits per heavy atom. The minimum absolute atomic E-state index is 0.0100. The zero-order valence-electron chi connectivity index (χ0n) is 17.7. The summed E-state index contributed by atoms with van der Waals surface area (Å²) < 4.78 is 7.57.